The van der Waals surface area contributed by atoms with Gasteiger partial charge in [-0.15, -0.1) is 0 Å². The number of nitrogens with zero attached hydrogens (tertiary/aromatic N) is 2. The number of rotatable bonds is 10. The minimum atomic E-state index is -1.50. The largest absolute Gasteiger partial charge is 0.493 e. The summed E-state index contributed by atoms with van der Waals surface area (Å²) in [6.45, 7) is 5.66. The van der Waals surface area contributed by atoms with Crippen molar-refractivity contribution in [1.82, 2.24) is 9.88 Å². The number of carboxylic acids is 1. The average molecular weight is 544 g/mol. The fourth-order valence-electron chi connectivity index (χ4n) is 5.94. The van der Waals surface area contributed by atoms with E-state index in [1.165, 1.54) is 31.5 Å². The van der Waals surface area contributed by atoms with Crippen LogP contribution in [0.3, 0.4) is 0 Å². The number of anilines is 1. The molecule has 0 spiro atoms. The van der Waals surface area contributed by atoms with Crippen LogP contribution in [0.1, 0.15) is 68.0 Å². The Balaban J connectivity index is 1.16. The summed E-state index contributed by atoms with van der Waals surface area (Å²) in [4.78, 5) is 19.0. The molecule has 9 heteroatoms. The van der Waals surface area contributed by atoms with E-state index in [-0.39, 0.29) is 12.7 Å². The molecule has 5 rings (SSSR count). The van der Waals surface area contributed by atoms with Gasteiger partial charge in [0.2, 0.25) is 0 Å². The van der Waals surface area contributed by atoms with Crippen LogP contribution in [0.25, 0.3) is 0 Å². The van der Waals surface area contributed by atoms with E-state index in [0.29, 0.717) is 49.4 Å². The van der Waals surface area contributed by atoms with E-state index in [4.69, 9.17) is 14.5 Å². The van der Waals surface area contributed by atoms with Crippen molar-refractivity contribution in [1.29, 1.82) is 0 Å². The Bertz CT molecular complexity index is 1190. The molecule has 2 N–H and O–H groups in total. The molecule has 1 unspecified atom stereocenters. The van der Waals surface area contributed by atoms with Crippen molar-refractivity contribution in [2.24, 2.45) is 5.92 Å². The van der Waals surface area contributed by atoms with E-state index in [1.807, 2.05) is 4.90 Å². The number of aromatic nitrogens is 1. The second kappa shape index (κ2) is 11.8. The molecule has 0 amide bonds. The number of nitrogens with one attached hydrogen (secondary N) is 1. The Morgan fingerprint density at radius 1 is 1.33 bits per heavy atom. The normalized spacial score (nSPS) is 21.9. The fraction of sp³-hybridized carbons (Fsp3) is 0.600. The van der Waals surface area contributed by atoms with Crippen molar-refractivity contribution in [2.45, 2.75) is 76.6 Å². The number of unbranched alkanes of at least 4 members (excludes halogenated alkanes) is 1. The molecule has 0 saturated carbocycles. The lowest BCUT2D eigenvalue weighted by atomic mass is 9.82. The lowest BCUT2D eigenvalue weighted by molar-refractivity contribution is -0.143. The highest BCUT2D eigenvalue weighted by Crippen LogP contribution is 2.40. The Morgan fingerprint density at radius 3 is 2.97 bits per heavy atom. The number of hydrogen-bond acceptors (Lipinski definition) is 6. The molecule has 4 heterocycles. The smallest absolute Gasteiger partial charge is 0.325 e. The van der Waals surface area contributed by atoms with Gasteiger partial charge in [-0.25, -0.2) is 13.8 Å². The Labute approximate surface area is 228 Å². The van der Waals surface area contributed by atoms with Gasteiger partial charge in [0.05, 0.1) is 12.7 Å². The van der Waals surface area contributed by atoms with Gasteiger partial charge < -0.3 is 19.9 Å². The standard InChI is InChI=1S/C30H39F2N3O4/c1-30(2,32)20-14-24-25(15-21(31)16-26(24)39-18-20)27(29(36)37)35-12-10-23(17-35)38-13-4-3-7-22-9-8-19-6-5-11-33-28(19)34-22/h8-9,15-16,20,23,27H,3-7,10-14,17-18H2,1-2H3,(H,33,34)(H,36,37)/t20?,23-,27+/m1/s1. The third kappa shape index (κ3) is 6.52. The monoisotopic (exact) mass is 543 g/mol. The lowest BCUT2D eigenvalue weighted by Gasteiger charge is -2.35. The second-order valence-electron chi connectivity index (χ2n) is 11.6. The predicted molar refractivity (Wildman–Crippen MR) is 145 cm³/mol. The molecule has 1 saturated heterocycles. The second-order valence-corrected chi connectivity index (χ2v) is 11.6. The van der Waals surface area contributed by atoms with E-state index >= 15 is 0 Å². The molecular formula is C30H39F2N3O4. The summed E-state index contributed by atoms with van der Waals surface area (Å²) in [6.07, 6.45) is 5.89. The first-order valence-electron chi connectivity index (χ1n) is 14.1. The summed E-state index contributed by atoms with van der Waals surface area (Å²) in [5, 5.41) is 13.6. The van der Waals surface area contributed by atoms with Crippen molar-refractivity contribution in [2.75, 3.05) is 38.2 Å². The quantitative estimate of drug-likeness (QED) is 0.403. The Morgan fingerprint density at radius 2 is 2.18 bits per heavy atom. The van der Waals surface area contributed by atoms with Crippen LogP contribution in [-0.2, 0) is 28.8 Å². The predicted octanol–water partition coefficient (Wildman–Crippen LogP) is 5.12. The number of alkyl halides is 1. The van der Waals surface area contributed by atoms with Crippen LogP contribution in [0.2, 0.25) is 0 Å². The van der Waals surface area contributed by atoms with E-state index in [1.54, 1.807) is 0 Å². The maximum atomic E-state index is 14.7. The molecule has 3 aliphatic heterocycles. The highest BCUT2D eigenvalue weighted by molar-refractivity contribution is 5.77. The summed E-state index contributed by atoms with van der Waals surface area (Å²) in [5.74, 6) is -0.718. The Kier molecular flexibility index (Phi) is 8.38. The van der Waals surface area contributed by atoms with Crippen LogP contribution in [-0.4, -0.2) is 65.6 Å². The maximum Gasteiger partial charge on any atom is 0.325 e. The number of aryl methyl sites for hydroxylation is 2. The molecular weight excluding hydrogens is 504 g/mol. The number of pyridine rings is 1. The van der Waals surface area contributed by atoms with Crippen molar-refractivity contribution in [3.05, 3.63) is 52.5 Å². The van der Waals surface area contributed by atoms with Crippen LogP contribution >= 0.6 is 0 Å². The SMILES string of the molecule is CC(C)(F)C1COc2cc(F)cc([C@@H](C(=O)O)N3CC[C@@H](OCCCCc4ccc5c(n4)NCCC5)C3)c2C1. The van der Waals surface area contributed by atoms with Crippen molar-refractivity contribution in [3.63, 3.8) is 0 Å². The first kappa shape index (κ1) is 27.8. The number of benzene rings is 1. The van der Waals surface area contributed by atoms with Gasteiger partial charge in [0.15, 0.2) is 0 Å². The highest BCUT2D eigenvalue weighted by atomic mass is 19.1. The zero-order valence-electron chi connectivity index (χ0n) is 22.8. The molecule has 7 nitrogen and oxygen atoms in total. The zero-order chi connectivity index (χ0) is 27.6. The van der Waals surface area contributed by atoms with Crippen LogP contribution in [0, 0.1) is 11.7 Å². The van der Waals surface area contributed by atoms with E-state index in [2.05, 4.69) is 17.4 Å². The van der Waals surface area contributed by atoms with Crippen molar-refractivity contribution < 1.29 is 28.2 Å². The number of aliphatic carboxylic acids is 1. The summed E-state index contributed by atoms with van der Waals surface area (Å²) in [6, 6.07) is 5.78. The van der Waals surface area contributed by atoms with Gasteiger partial charge in [-0.3, -0.25) is 9.69 Å². The Hall–Kier alpha value is -2.78. The topological polar surface area (TPSA) is 83.9 Å². The van der Waals surface area contributed by atoms with Crippen molar-refractivity contribution in [3.8, 4) is 5.75 Å². The van der Waals surface area contributed by atoms with E-state index in [0.717, 1.165) is 50.2 Å². The molecule has 2 aromatic rings. The first-order valence-corrected chi connectivity index (χ1v) is 14.1. The minimum absolute atomic E-state index is 0.0870. The first-order chi connectivity index (χ1) is 18.7. The molecule has 1 aromatic carbocycles. The summed E-state index contributed by atoms with van der Waals surface area (Å²) in [5.41, 5.74) is 1.80. The van der Waals surface area contributed by atoms with E-state index < -0.39 is 29.4 Å². The number of carbonyl (C=O) groups is 1. The van der Waals surface area contributed by atoms with Crippen LogP contribution < -0.4 is 10.1 Å². The van der Waals surface area contributed by atoms with Crippen LogP contribution in [0.5, 0.6) is 5.75 Å². The molecule has 212 valence electrons. The van der Waals surface area contributed by atoms with Gasteiger partial charge in [0.25, 0.3) is 0 Å². The number of ether oxygens (including phenoxy) is 2. The van der Waals surface area contributed by atoms with Crippen molar-refractivity contribution >= 4 is 11.8 Å². The summed E-state index contributed by atoms with van der Waals surface area (Å²) >= 11 is 0. The lowest BCUT2D eigenvalue weighted by Crippen LogP contribution is -2.38. The summed E-state index contributed by atoms with van der Waals surface area (Å²) in [7, 11) is 0. The van der Waals surface area contributed by atoms with Crippen LogP contribution in [0.15, 0.2) is 24.3 Å². The van der Waals surface area contributed by atoms with E-state index in [9.17, 15) is 18.7 Å². The zero-order valence-corrected chi connectivity index (χ0v) is 22.8. The molecule has 0 aliphatic carbocycles. The van der Waals surface area contributed by atoms with Gasteiger partial charge in [-0.2, -0.15) is 0 Å². The summed E-state index contributed by atoms with van der Waals surface area (Å²) < 4.78 is 41.1. The van der Waals surface area contributed by atoms with Gasteiger partial charge in [-0.05, 0) is 82.1 Å². The average Bonchev–Trinajstić information content (AvgIpc) is 3.35. The highest BCUT2D eigenvalue weighted by Gasteiger charge is 2.40. The number of carboxylic acid groups (broad SMARTS) is 1. The third-order valence-corrected chi connectivity index (χ3v) is 8.27. The number of likely N-dealkylation sites (tertiary alicyclic amines) is 1. The molecule has 1 aromatic heterocycles. The number of hydrogen-bond donors (Lipinski definition) is 2. The molecule has 0 radical (unpaired) electrons. The number of halogens is 2. The molecule has 3 aliphatic rings. The number of fused-ring (bicyclic) bond motifs is 2. The fourth-order valence-corrected chi connectivity index (χ4v) is 5.94. The van der Waals surface area contributed by atoms with Gasteiger partial charge in [0.1, 0.15) is 29.1 Å². The van der Waals surface area contributed by atoms with Gasteiger partial charge in [-0.1, -0.05) is 6.07 Å². The minimum Gasteiger partial charge on any atom is -0.493 e. The molecule has 0 bridgehead atoms. The van der Waals surface area contributed by atoms with Gasteiger partial charge in [0, 0.05) is 49.5 Å². The maximum absolute atomic E-state index is 14.7. The molecule has 1 fully saturated rings. The van der Waals surface area contributed by atoms with Crippen LogP contribution in [0.4, 0.5) is 14.6 Å². The molecule has 3 atom stereocenters. The molecule has 39 heavy (non-hydrogen) atoms. The van der Waals surface area contributed by atoms with Gasteiger partial charge >= 0.3 is 5.97 Å². The third-order valence-electron chi connectivity index (χ3n) is 8.27.